The van der Waals surface area contributed by atoms with Crippen molar-refractivity contribution >= 4 is 17.2 Å². The summed E-state index contributed by atoms with van der Waals surface area (Å²) in [7, 11) is 0. The lowest BCUT2D eigenvalue weighted by Gasteiger charge is -2.11. The molecule has 1 aromatic carbocycles. The van der Waals surface area contributed by atoms with Gasteiger partial charge in [-0.25, -0.2) is 0 Å². The summed E-state index contributed by atoms with van der Waals surface area (Å²) in [6.45, 7) is 3.29. The van der Waals surface area contributed by atoms with Gasteiger partial charge in [0, 0.05) is 35.6 Å². The molecule has 0 unspecified atom stereocenters. The molecule has 1 amide bonds. The van der Waals surface area contributed by atoms with Crippen LogP contribution in [0.1, 0.15) is 26.5 Å². The Bertz CT molecular complexity index is 1070. The Labute approximate surface area is 168 Å². The Kier molecular flexibility index (Phi) is 5.35. The summed E-state index contributed by atoms with van der Waals surface area (Å²) in [4.78, 5) is 18.2. The smallest absolute Gasteiger partial charge is 0.268 e. The molecule has 0 saturated carbocycles. The average Bonchev–Trinajstić information content (AvgIpc) is 3.39. The predicted octanol–water partition coefficient (Wildman–Crippen LogP) is 4.90. The van der Waals surface area contributed by atoms with Crippen LogP contribution in [0.2, 0.25) is 0 Å². The van der Waals surface area contributed by atoms with Crippen molar-refractivity contribution in [2.45, 2.75) is 20.0 Å². The van der Waals surface area contributed by atoms with Crippen molar-refractivity contribution in [1.82, 2.24) is 14.9 Å². The van der Waals surface area contributed by atoms with Crippen LogP contribution in [0, 0.1) is 6.92 Å². The number of aryl methyl sites for hydroxylation is 1. The number of thiophene rings is 1. The molecular weight excluding hydrogens is 366 g/mol. The third kappa shape index (κ3) is 4.05. The van der Waals surface area contributed by atoms with Gasteiger partial charge in [-0.2, -0.15) is 0 Å². The lowest BCUT2D eigenvalue weighted by Crippen LogP contribution is -2.25. The summed E-state index contributed by atoms with van der Waals surface area (Å²) in [5, 5.41) is 5.06. The summed E-state index contributed by atoms with van der Waals surface area (Å²) in [5.74, 6) is -0.0673. The van der Waals surface area contributed by atoms with E-state index in [0.717, 1.165) is 16.0 Å². The molecular formula is C23H21N3OS. The molecule has 4 aromatic rings. The molecule has 4 nitrogen and oxygen atoms in total. The number of hydrogen-bond acceptors (Lipinski definition) is 3. The van der Waals surface area contributed by atoms with Crippen molar-refractivity contribution in [3.63, 3.8) is 0 Å². The first-order valence-corrected chi connectivity index (χ1v) is 10.0. The van der Waals surface area contributed by atoms with Crippen LogP contribution >= 0.6 is 11.3 Å². The van der Waals surface area contributed by atoms with Crippen LogP contribution in [0.4, 0.5) is 0 Å². The number of carbonyl (C=O) groups is 1. The first-order valence-electron chi connectivity index (χ1n) is 9.16. The lowest BCUT2D eigenvalue weighted by atomic mass is 10.1. The lowest BCUT2D eigenvalue weighted by molar-refractivity contribution is 0.0942. The summed E-state index contributed by atoms with van der Waals surface area (Å²) >= 11 is 1.64. The molecule has 28 heavy (non-hydrogen) atoms. The summed E-state index contributed by atoms with van der Waals surface area (Å²) in [5.41, 5.74) is 5.13. The Morgan fingerprint density at radius 3 is 2.64 bits per heavy atom. The molecule has 0 aliphatic carbocycles. The highest BCUT2D eigenvalue weighted by Crippen LogP contribution is 2.23. The molecule has 0 aliphatic heterocycles. The molecule has 140 valence electrons. The van der Waals surface area contributed by atoms with Crippen molar-refractivity contribution in [3.8, 4) is 11.1 Å². The van der Waals surface area contributed by atoms with Crippen molar-refractivity contribution in [2.24, 2.45) is 0 Å². The van der Waals surface area contributed by atoms with Gasteiger partial charge in [-0.1, -0.05) is 30.3 Å². The maximum Gasteiger partial charge on any atom is 0.268 e. The van der Waals surface area contributed by atoms with E-state index in [-0.39, 0.29) is 5.91 Å². The molecule has 0 fully saturated rings. The zero-order valence-electron chi connectivity index (χ0n) is 15.6. The molecule has 0 spiro atoms. The molecule has 0 bridgehead atoms. The second kappa shape index (κ2) is 8.23. The van der Waals surface area contributed by atoms with Gasteiger partial charge in [0.05, 0.1) is 6.54 Å². The Balaban J connectivity index is 1.65. The molecule has 5 heteroatoms. The number of nitrogens with zero attached hydrogens (tertiary/aromatic N) is 2. The van der Waals surface area contributed by atoms with E-state index < -0.39 is 0 Å². The van der Waals surface area contributed by atoms with Gasteiger partial charge >= 0.3 is 0 Å². The molecule has 3 heterocycles. The van der Waals surface area contributed by atoms with Crippen molar-refractivity contribution in [1.29, 1.82) is 0 Å². The van der Waals surface area contributed by atoms with Crippen molar-refractivity contribution in [2.75, 3.05) is 0 Å². The largest absolute Gasteiger partial charge is 0.346 e. The van der Waals surface area contributed by atoms with Gasteiger partial charge in [-0.15, -0.1) is 11.3 Å². The van der Waals surface area contributed by atoms with Gasteiger partial charge in [-0.3, -0.25) is 9.78 Å². The normalized spacial score (nSPS) is 10.8. The van der Waals surface area contributed by atoms with Crippen LogP contribution in [-0.4, -0.2) is 15.5 Å². The van der Waals surface area contributed by atoms with E-state index in [1.165, 1.54) is 11.1 Å². The number of rotatable bonds is 6. The standard InChI is InChI=1S/C23H21N3OS/c1-17-5-2-3-6-19(17)15-26-16-20(18-8-10-24-11-9-18)13-22(26)23(27)25-14-21-7-4-12-28-21/h2-13,16H,14-15H2,1H3,(H,25,27). The minimum atomic E-state index is -0.0673. The van der Waals surface area contributed by atoms with Gasteiger partial charge < -0.3 is 9.88 Å². The van der Waals surface area contributed by atoms with Crippen LogP contribution < -0.4 is 5.32 Å². The van der Waals surface area contributed by atoms with Crippen LogP contribution in [0.3, 0.4) is 0 Å². The van der Waals surface area contributed by atoms with Crippen LogP contribution in [0.25, 0.3) is 11.1 Å². The first-order chi connectivity index (χ1) is 13.7. The summed E-state index contributed by atoms with van der Waals surface area (Å²) in [6, 6.07) is 18.2. The fourth-order valence-electron chi connectivity index (χ4n) is 3.18. The van der Waals surface area contributed by atoms with E-state index in [4.69, 9.17) is 0 Å². The minimum Gasteiger partial charge on any atom is -0.346 e. The highest BCUT2D eigenvalue weighted by atomic mass is 32.1. The van der Waals surface area contributed by atoms with Gasteiger partial charge in [0.2, 0.25) is 0 Å². The Morgan fingerprint density at radius 2 is 1.89 bits per heavy atom. The average molecular weight is 388 g/mol. The van der Waals surface area contributed by atoms with E-state index in [9.17, 15) is 4.79 Å². The zero-order valence-corrected chi connectivity index (χ0v) is 16.4. The van der Waals surface area contributed by atoms with E-state index in [0.29, 0.717) is 18.8 Å². The fourth-order valence-corrected chi connectivity index (χ4v) is 3.82. The van der Waals surface area contributed by atoms with Gasteiger partial charge in [-0.05, 0) is 53.3 Å². The number of amides is 1. The number of hydrogen-bond donors (Lipinski definition) is 1. The first kappa shape index (κ1) is 18.2. The third-order valence-corrected chi connectivity index (χ3v) is 5.62. The quantitative estimate of drug-likeness (QED) is 0.512. The number of pyridine rings is 1. The van der Waals surface area contributed by atoms with E-state index in [2.05, 4.69) is 29.4 Å². The molecule has 1 N–H and O–H groups in total. The van der Waals surface area contributed by atoms with Gasteiger partial charge in [0.1, 0.15) is 5.69 Å². The van der Waals surface area contributed by atoms with Crippen molar-refractivity contribution < 1.29 is 4.79 Å². The summed E-state index contributed by atoms with van der Waals surface area (Å²) in [6.07, 6.45) is 5.58. The van der Waals surface area contributed by atoms with Crippen molar-refractivity contribution in [3.05, 3.63) is 100 Å². The Hall–Kier alpha value is -3.18. The van der Waals surface area contributed by atoms with Crippen LogP contribution in [-0.2, 0) is 13.1 Å². The van der Waals surface area contributed by atoms with E-state index >= 15 is 0 Å². The number of carbonyl (C=O) groups excluding carboxylic acids is 1. The molecule has 0 saturated heterocycles. The molecule has 0 aliphatic rings. The predicted molar refractivity (Wildman–Crippen MR) is 113 cm³/mol. The van der Waals surface area contributed by atoms with E-state index in [1.807, 2.05) is 58.6 Å². The molecule has 3 aromatic heterocycles. The second-order valence-corrected chi connectivity index (χ2v) is 7.70. The molecule has 4 rings (SSSR count). The van der Waals surface area contributed by atoms with Crippen LogP contribution in [0.5, 0.6) is 0 Å². The highest BCUT2D eigenvalue weighted by molar-refractivity contribution is 7.09. The minimum absolute atomic E-state index is 0.0673. The zero-order chi connectivity index (χ0) is 19.3. The molecule has 0 atom stereocenters. The Morgan fingerprint density at radius 1 is 1.07 bits per heavy atom. The topological polar surface area (TPSA) is 46.9 Å². The monoisotopic (exact) mass is 387 g/mol. The van der Waals surface area contributed by atoms with Crippen LogP contribution in [0.15, 0.2) is 78.6 Å². The van der Waals surface area contributed by atoms with Gasteiger partial charge in [0.15, 0.2) is 0 Å². The second-order valence-electron chi connectivity index (χ2n) is 6.67. The highest BCUT2D eigenvalue weighted by Gasteiger charge is 2.15. The van der Waals surface area contributed by atoms with E-state index in [1.54, 1.807) is 23.7 Å². The maximum atomic E-state index is 12.9. The van der Waals surface area contributed by atoms with Gasteiger partial charge in [0.25, 0.3) is 5.91 Å². The third-order valence-electron chi connectivity index (χ3n) is 4.75. The fraction of sp³-hybridized carbons (Fsp3) is 0.130. The molecule has 0 radical (unpaired) electrons. The summed E-state index contributed by atoms with van der Waals surface area (Å²) < 4.78 is 2.03. The SMILES string of the molecule is Cc1ccccc1Cn1cc(-c2ccncc2)cc1C(=O)NCc1cccs1. The maximum absolute atomic E-state index is 12.9. The number of benzene rings is 1. The number of aromatic nitrogens is 2. The number of nitrogens with one attached hydrogen (secondary N) is 1.